The Bertz CT molecular complexity index is 1180. The third kappa shape index (κ3) is 4.53. The van der Waals surface area contributed by atoms with Crippen LogP contribution >= 0.6 is 0 Å². The van der Waals surface area contributed by atoms with Crippen LogP contribution < -0.4 is 18.9 Å². The summed E-state index contributed by atoms with van der Waals surface area (Å²) in [5, 5.41) is 0. The molecular weight excluding hydrogens is 444 g/mol. The highest BCUT2D eigenvalue weighted by atomic mass is 16.7. The Morgan fingerprint density at radius 1 is 1.09 bits per heavy atom. The summed E-state index contributed by atoms with van der Waals surface area (Å²) >= 11 is 0. The average Bonchev–Trinajstić information content (AvgIpc) is 3.49. The van der Waals surface area contributed by atoms with Crippen LogP contribution in [0.25, 0.3) is 6.08 Å². The standard InChI is InChI=1S/C24H22N2O8/c1-29-20-11-15(2-4-18(20)31-13-22(27)26-6-8-30-9-7-26)10-17-24(28)34-23(25-17)16-3-5-19-21(12-16)33-14-32-19/h2-5,10-12H,6-9,13-14H2,1H3/b17-10+. The van der Waals surface area contributed by atoms with Crippen LogP contribution in [0.1, 0.15) is 11.1 Å². The second-order valence-corrected chi connectivity index (χ2v) is 7.60. The first kappa shape index (κ1) is 21.8. The van der Waals surface area contributed by atoms with Gasteiger partial charge >= 0.3 is 5.97 Å². The molecule has 0 spiro atoms. The number of rotatable bonds is 6. The zero-order valence-corrected chi connectivity index (χ0v) is 18.4. The molecule has 10 heteroatoms. The van der Waals surface area contributed by atoms with Crippen molar-refractivity contribution in [2.24, 2.45) is 4.99 Å². The molecule has 3 heterocycles. The van der Waals surface area contributed by atoms with Gasteiger partial charge in [-0.05, 0) is 42.0 Å². The van der Waals surface area contributed by atoms with Crippen molar-refractivity contribution in [1.82, 2.24) is 4.90 Å². The number of aliphatic imine (C=N–C) groups is 1. The highest BCUT2D eigenvalue weighted by Gasteiger charge is 2.26. The molecule has 2 aromatic carbocycles. The van der Waals surface area contributed by atoms with E-state index in [1.54, 1.807) is 47.4 Å². The fraction of sp³-hybridized carbons (Fsp3) is 0.292. The predicted molar refractivity (Wildman–Crippen MR) is 119 cm³/mol. The number of esters is 1. The van der Waals surface area contributed by atoms with Crippen molar-refractivity contribution in [2.75, 3.05) is 46.8 Å². The Balaban J connectivity index is 1.30. The summed E-state index contributed by atoms with van der Waals surface area (Å²) in [5.41, 5.74) is 1.41. The van der Waals surface area contributed by atoms with Crippen LogP contribution in [0.5, 0.6) is 23.0 Å². The molecule has 0 aliphatic carbocycles. The van der Waals surface area contributed by atoms with Crippen molar-refractivity contribution in [3.8, 4) is 23.0 Å². The van der Waals surface area contributed by atoms with Gasteiger partial charge in [0, 0.05) is 18.7 Å². The minimum atomic E-state index is -0.567. The molecular formula is C24H22N2O8. The monoisotopic (exact) mass is 466 g/mol. The van der Waals surface area contributed by atoms with Gasteiger partial charge in [0.2, 0.25) is 12.7 Å². The summed E-state index contributed by atoms with van der Waals surface area (Å²) in [5.74, 6) is 1.55. The molecule has 1 fully saturated rings. The fourth-order valence-electron chi connectivity index (χ4n) is 3.66. The van der Waals surface area contributed by atoms with Gasteiger partial charge in [-0.25, -0.2) is 9.79 Å². The summed E-state index contributed by atoms with van der Waals surface area (Å²) < 4.78 is 32.4. The van der Waals surface area contributed by atoms with Gasteiger partial charge in [0.05, 0.1) is 20.3 Å². The first-order valence-electron chi connectivity index (χ1n) is 10.7. The molecule has 0 aromatic heterocycles. The van der Waals surface area contributed by atoms with Crippen LogP contribution in [0, 0.1) is 0 Å². The molecule has 0 saturated carbocycles. The lowest BCUT2D eigenvalue weighted by Crippen LogP contribution is -2.43. The molecule has 176 valence electrons. The Morgan fingerprint density at radius 3 is 2.74 bits per heavy atom. The number of hydrogen-bond acceptors (Lipinski definition) is 9. The number of hydrogen-bond donors (Lipinski definition) is 0. The minimum Gasteiger partial charge on any atom is -0.493 e. The number of morpholine rings is 1. The number of methoxy groups -OCH3 is 1. The van der Waals surface area contributed by atoms with Gasteiger partial charge in [-0.3, -0.25) is 4.79 Å². The summed E-state index contributed by atoms with van der Waals surface area (Å²) in [4.78, 5) is 30.7. The van der Waals surface area contributed by atoms with Crippen molar-refractivity contribution in [3.05, 3.63) is 53.2 Å². The first-order valence-corrected chi connectivity index (χ1v) is 10.7. The quantitative estimate of drug-likeness (QED) is 0.470. The van der Waals surface area contributed by atoms with E-state index in [0.717, 1.165) is 0 Å². The summed E-state index contributed by atoms with van der Waals surface area (Å²) in [6.45, 7) is 2.21. The van der Waals surface area contributed by atoms with Gasteiger partial charge < -0.3 is 33.3 Å². The molecule has 5 rings (SSSR count). The molecule has 10 nitrogen and oxygen atoms in total. The number of carbonyl (C=O) groups excluding carboxylic acids is 2. The number of cyclic esters (lactones) is 1. The van der Waals surface area contributed by atoms with Crippen LogP contribution in [0.2, 0.25) is 0 Å². The first-order chi connectivity index (χ1) is 16.6. The molecule has 34 heavy (non-hydrogen) atoms. The van der Waals surface area contributed by atoms with E-state index < -0.39 is 5.97 Å². The molecule has 0 N–H and O–H groups in total. The zero-order chi connectivity index (χ0) is 23.5. The van der Waals surface area contributed by atoms with E-state index in [1.807, 2.05) is 0 Å². The number of amides is 1. The van der Waals surface area contributed by atoms with Gasteiger partial charge in [0.15, 0.2) is 35.3 Å². The Labute approximate surface area is 195 Å². The van der Waals surface area contributed by atoms with E-state index in [9.17, 15) is 9.59 Å². The van der Waals surface area contributed by atoms with Gasteiger partial charge in [-0.15, -0.1) is 0 Å². The Kier molecular flexibility index (Phi) is 6.05. The number of fused-ring (bicyclic) bond motifs is 1. The van der Waals surface area contributed by atoms with Crippen molar-refractivity contribution < 1.29 is 38.0 Å². The van der Waals surface area contributed by atoms with Crippen LogP contribution in [-0.2, 0) is 19.1 Å². The maximum absolute atomic E-state index is 12.4. The summed E-state index contributed by atoms with van der Waals surface area (Å²) in [6, 6.07) is 10.3. The highest BCUT2D eigenvalue weighted by Crippen LogP contribution is 2.34. The van der Waals surface area contributed by atoms with E-state index in [-0.39, 0.29) is 30.9 Å². The topological polar surface area (TPSA) is 105 Å². The molecule has 0 radical (unpaired) electrons. The average molecular weight is 466 g/mol. The smallest absolute Gasteiger partial charge is 0.363 e. The molecule has 2 aromatic rings. The van der Waals surface area contributed by atoms with Gasteiger partial charge in [0.25, 0.3) is 5.91 Å². The molecule has 0 atom stereocenters. The molecule has 0 unspecified atom stereocenters. The normalized spacial score (nSPS) is 18.0. The zero-order valence-electron chi connectivity index (χ0n) is 18.4. The van der Waals surface area contributed by atoms with E-state index in [2.05, 4.69) is 4.99 Å². The van der Waals surface area contributed by atoms with Crippen LogP contribution in [-0.4, -0.2) is 69.5 Å². The maximum atomic E-state index is 12.4. The number of nitrogens with zero attached hydrogens (tertiary/aromatic N) is 2. The Morgan fingerprint density at radius 2 is 1.91 bits per heavy atom. The largest absolute Gasteiger partial charge is 0.493 e. The summed E-state index contributed by atoms with van der Waals surface area (Å²) in [6.07, 6.45) is 1.59. The lowest BCUT2D eigenvalue weighted by Gasteiger charge is -2.26. The maximum Gasteiger partial charge on any atom is 0.363 e. The molecule has 1 saturated heterocycles. The van der Waals surface area contributed by atoms with Gasteiger partial charge in [-0.1, -0.05) is 6.07 Å². The van der Waals surface area contributed by atoms with E-state index in [1.165, 1.54) is 7.11 Å². The summed E-state index contributed by atoms with van der Waals surface area (Å²) in [7, 11) is 1.50. The fourth-order valence-corrected chi connectivity index (χ4v) is 3.66. The third-order valence-corrected chi connectivity index (χ3v) is 5.45. The van der Waals surface area contributed by atoms with Crippen LogP contribution in [0.15, 0.2) is 47.1 Å². The molecule has 0 bridgehead atoms. The van der Waals surface area contributed by atoms with Crippen LogP contribution in [0.3, 0.4) is 0 Å². The van der Waals surface area contributed by atoms with Crippen molar-refractivity contribution >= 4 is 23.9 Å². The van der Waals surface area contributed by atoms with Gasteiger partial charge in [0.1, 0.15) is 0 Å². The Hall–Kier alpha value is -4.05. The van der Waals surface area contributed by atoms with Crippen LogP contribution in [0.4, 0.5) is 0 Å². The van der Waals surface area contributed by atoms with Crippen molar-refractivity contribution in [2.45, 2.75) is 0 Å². The lowest BCUT2D eigenvalue weighted by atomic mass is 10.1. The molecule has 3 aliphatic rings. The van der Waals surface area contributed by atoms with E-state index in [0.29, 0.717) is 60.4 Å². The second kappa shape index (κ2) is 9.44. The molecule has 3 aliphatic heterocycles. The van der Waals surface area contributed by atoms with Gasteiger partial charge in [-0.2, -0.15) is 0 Å². The SMILES string of the molecule is COc1cc(/C=C2/N=C(c3ccc4c(c3)OCO4)OC2=O)ccc1OCC(=O)N1CCOCC1. The number of benzene rings is 2. The van der Waals surface area contributed by atoms with E-state index in [4.69, 9.17) is 28.4 Å². The van der Waals surface area contributed by atoms with Crippen molar-refractivity contribution in [1.29, 1.82) is 0 Å². The number of carbonyl (C=O) groups is 2. The van der Waals surface area contributed by atoms with E-state index >= 15 is 0 Å². The minimum absolute atomic E-state index is 0.105. The molecule has 1 amide bonds. The predicted octanol–water partition coefficient (Wildman–Crippen LogP) is 2.01. The highest BCUT2D eigenvalue weighted by molar-refractivity contribution is 6.13. The number of ether oxygens (including phenoxy) is 6. The lowest BCUT2D eigenvalue weighted by molar-refractivity contribution is -0.137. The van der Waals surface area contributed by atoms with Crippen molar-refractivity contribution in [3.63, 3.8) is 0 Å². The third-order valence-electron chi connectivity index (χ3n) is 5.45. The second-order valence-electron chi connectivity index (χ2n) is 7.60.